The van der Waals surface area contributed by atoms with Gasteiger partial charge in [-0.1, -0.05) is 39.8 Å². The standard InChI is InChI=1S/C38H57N3O4/c1-23-11-17-38(40-22-23)24(2)35-32(45-38)20-31-29-10-7-26-19-27(12-15-36(26,3)30(29)13-16-37(31,35)4)41-34(44)21-33(43)39-18-14-25-5-8-28(42)9-6-25/h5-6,8-9,23-24,26-27,29-32,35,40,42H,7,10-22H2,1-4H3,(H,39,43)(H,41,44)/t23-,24+,26+,27+,29-,30+,31+,32+,35+,36+,37+,38-/m1/s1. The molecule has 0 unspecified atom stereocenters. The molecule has 6 fully saturated rings. The Bertz CT molecular complexity index is 1260. The number of nitrogens with one attached hydrogen (secondary N) is 3. The molecule has 2 amide bonds. The Kier molecular flexibility index (Phi) is 8.28. The Morgan fingerprint density at radius 1 is 0.933 bits per heavy atom. The predicted molar refractivity (Wildman–Crippen MR) is 175 cm³/mol. The van der Waals surface area contributed by atoms with Gasteiger partial charge in [0.2, 0.25) is 11.8 Å². The van der Waals surface area contributed by atoms with E-state index in [1.165, 1.54) is 44.9 Å². The zero-order valence-electron chi connectivity index (χ0n) is 28.1. The minimum Gasteiger partial charge on any atom is -0.508 e. The molecule has 1 aromatic carbocycles. The number of aromatic hydroxyl groups is 1. The second-order valence-electron chi connectivity index (χ2n) is 16.8. The van der Waals surface area contributed by atoms with E-state index < -0.39 is 0 Å². The van der Waals surface area contributed by atoms with Crippen molar-refractivity contribution in [3.05, 3.63) is 29.8 Å². The van der Waals surface area contributed by atoms with E-state index in [9.17, 15) is 14.7 Å². The van der Waals surface area contributed by atoms with Gasteiger partial charge in [-0.2, -0.15) is 0 Å². The van der Waals surface area contributed by atoms with Crippen LogP contribution in [0.25, 0.3) is 0 Å². The van der Waals surface area contributed by atoms with Crippen LogP contribution in [-0.2, 0) is 20.7 Å². The summed E-state index contributed by atoms with van der Waals surface area (Å²) >= 11 is 0. The van der Waals surface area contributed by atoms with Crippen molar-refractivity contribution in [2.45, 2.75) is 123 Å². The van der Waals surface area contributed by atoms with Crippen LogP contribution in [0.5, 0.6) is 5.75 Å². The van der Waals surface area contributed by atoms with Crippen LogP contribution in [0, 0.1) is 52.3 Å². The second-order valence-corrected chi connectivity index (χ2v) is 16.8. The van der Waals surface area contributed by atoms with Gasteiger partial charge in [0.25, 0.3) is 0 Å². The molecule has 0 aromatic heterocycles. The fourth-order valence-electron chi connectivity index (χ4n) is 12.1. The maximum Gasteiger partial charge on any atom is 0.229 e. The van der Waals surface area contributed by atoms with Gasteiger partial charge in [0.15, 0.2) is 0 Å². The third-order valence-electron chi connectivity index (χ3n) is 14.5. The lowest BCUT2D eigenvalue weighted by Crippen LogP contribution is -2.58. The molecule has 1 aromatic rings. The zero-order chi connectivity index (χ0) is 31.6. The quantitative estimate of drug-likeness (QED) is 0.295. The monoisotopic (exact) mass is 619 g/mol. The number of amides is 2. The van der Waals surface area contributed by atoms with Crippen molar-refractivity contribution in [2.75, 3.05) is 13.1 Å². The Balaban J connectivity index is 0.919. The number of fused-ring (bicyclic) bond motifs is 7. The Morgan fingerprint density at radius 3 is 2.47 bits per heavy atom. The molecule has 0 radical (unpaired) electrons. The van der Waals surface area contributed by atoms with Crippen LogP contribution in [0.4, 0.5) is 0 Å². The summed E-state index contributed by atoms with van der Waals surface area (Å²) in [5.74, 6) is 4.86. The van der Waals surface area contributed by atoms with Crippen LogP contribution in [0.15, 0.2) is 24.3 Å². The molecule has 0 bridgehead atoms. The minimum atomic E-state index is -0.225. The van der Waals surface area contributed by atoms with Crippen LogP contribution in [0.3, 0.4) is 0 Å². The first-order chi connectivity index (χ1) is 21.5. The summed E-state index contributed by atoms with van der Waals surface area (Å²) in [5, 5.41) is 19.5. The van der Waals surface area contributed by atoms with Gasteiger partial charge in [-0.3, -0.25) is 14.9 Å². The van der Waals surface area contributed by atoms with Crippen molar-refractivity contribution in [3.8, 4) is 5.75 Å². The van der Waals surface area contributed by atoms with Crippen molar-refractivity contribution in [3.63, 3.8) is 0 Å². The summed E-state index contributed by atoms with van der Waals surface area (Å²) in [4.78, 5) is 25.3. The number of carbonyl (C=O) groups excluding carboxylic acids is 2. The van der Waals surface area contributed by atoms with Crippen LogP contribution in [0.2, 0.25) is 0 Å². The summed E-state index contributed by atoms with van der Waals surface area (Å²) in [6.45, 7) is 11.7. The predicted octanol–water partition coefficient (Wildman–Crippen LogP) is 5.95. The average Bonchev–Trinajstić information content (AvgIpc) is 3.45. The molecule has 2 aliphatic heterocycles. The first-order valence-electron chi connectivity index (χ1n) is 18.3. The van der Waals surface area contributed by atoms with Crippen molar-refractivity contribution < 1.29 is 19.4 Å². The summed E-state index contributed by atoms with van der Waals surface area (Å²) < 4.78 is 7.08. The first kappa shape index (κ1) is 31.5. The molecule has 12 atom stereocenters. The molecule has 2 saturated heterocycles. The molecule has 2 heterocycles. The first-order valence-corrected chi connectivity index (χ1v) is 18.3. The molecular weight excluding hydrogens is 562 g/mol. The second kappa shape index (κ2) is 11.8. The number of phenols is 1. The third-order valence-corrected chi connectivity index (χ3v) is 14.5. The zero-order valence-corrected chi connectivity index (χ0v) is 28.1. The maximum absolute atomic E-state index is 12.9. The Hall–Kier alpha value is -2.12. The average molecular weight is 620 g/mol. The van der Waals surface area contributed by atoms with E-state index in [0.717, 1.165) is 55.0 Å². The maximum atomic E-state index is 12.9. The van der Waals surface area contributed by atoms with Crippen molar-refractivity contribution >= 4 is 11.8 Å². The van der Waals surface area contributed by atoms with Crippen molar-refractivity contribution in [1.29, 1.82) is 0 Å². The normalized spacial score (nSPS) is 45.2. The fourth-order valence-corrected chi connectivity index (χ4v) is 12.1. The molecule has 4 saturated carbocycles. The van der Waals surface area contributed by atoms with Crippen LogP contribution in [-0.4, -0.2) is 47.9 Å². The highest BCUT2D eigenvalue weighted by atomic mass is 16.5. The van der Waals surface area contributed by atoms with Gasteiger partial charge in [0, 0.05) is 25.0 Å². The summed E-state index contributed by atoms with van der Waals surface area (Å²) in [6, 6.07) is 7.17. The SMILES string of the molecule is C[C@@H]1CC[C@@]2(NC1)O[C@H]1C[C@H]3[C@@H]4CC[C@H]5C[C@@H](NC(=O)CC(=O)NCCc6ccc(O)cc6)CC[C@]5(C)[C@H]4CC[C@]3(C)[C@H]1[C@@H]2C. The summed E-state index contributed by atoms with van der Waals surface area (Å²) in [6.07, 6.45) is 13.2. The molecular formula is C38H57N3O4. The lowest BCUT2D eigenvalue weighted by Gasteiger charge is -2.61. The van der Waals surface area contributed by atoms with E-state index in [0.29, 0.717) is 47.7 Å². The molecule has 7 rings (SSSR count). The van der Waals surface area contributed by atoms with Gasteiger partial charge in [0.05, 0.1) is 6.10 Å². The van der Waals surface area contributed by atoms with Gasteiger partial charge in [-0.05, 0) is 135 Å². The van der Waals surface area contributed by atoms with E-state index >= 15 is 0 Å². The number of phenolic OH excluding ortho intramolecular Hbond substituents is 1. The molecule has 248 valence electrons. The molecule has 45 heavy (non-hydrogen) atoms. The van der Waals surface area contributed by atoms with Gasteiger partial charge in [-0.25, -0.2) is 0 Å². The largest absolute Gasteiger partial charge is 0.508 e. The van der Waals surface area contributed by atoms with Gasteiger partial charge >= 0.3 is 0 Å². The molecule has 7 nitrogen and oxygen atoms in total. The number of benzene rings is 1. The highest BCUT2D eigenvalue weighted by Crippen LogP contribution is 2.71. The molecule has 4 N–H and O–H groups in total. The van der Waals surface area contributed by atoms with Gasteiger partial charge in [0.1, 0.15) is 17.9 Å². The van der Waals surface area contributed by atoms with Crippen LogP contribution >= 0.6 is 0 Å². The Labute approximate surface area is 270 Å². The van der Waals surface area contributed by atoms with E-state index in [1.54, 1.807) is 12.1 Å². The molecule has 1 spiro atoms. The number of rotatable bonds is 6. The number of hydrogen-bond acceptors (Lipinski definition) is 5. The van der Waals surface area contributed by atoms with E-state index in [4.69, 9.17) is 4.74 Å². The van der Waals surface area contributed by atoms with Gasteiger partial charge < -0.3 is 20.5 Å². The Morgan fingerprint density at radius 2 is 1.71 bits per heavy atom. The smallest absolute Gasteiger partial charge is 0.229 e. The highest BCUT2D eigenvalue weighted by molar-refractivity contribution is 5.96. The summed E-state index contributed by atoms with van der Waals surface area (Å²) in [7, 11) is 0. The topological polar surface area (TPSA) is 99.7 Å². The number of ether oxygens (including phenoxy) is 1. The molecule has 6 aliphatic rings. The van der Waals surface area contributed by atoms with Crippen molar-refractivity contribution in [1.82, 2.24) is 16.0 Å². The number of hydrogen-bond donors (Lipinski definition) is 4. The minimum absolute atomic E-state index is 0.0897. The van der Waals surface area contributed by atoms with Crippen LogP contribution < -0.4 is 16.0 Å². The molecule has 7 heteroatoms. The third kappa shape index (κ3) is 5.52. The van der Waals surface area contributed by atoms with Crippen molar-refractivity contribution in [2.24, 2.45) is 52.3 Å². The molecule has 4 aliphatic carbocycles. The van der Waals surface area contributed by atoms with Crippen LogP contribution in [0.1, 0.15) is 104 Å². The van der Waals surface area contributed by atoms with Gasteiger partial charge in [-0.15, -0.1) is 0 Å². The lowest BCUT2D eigenvalue weighted by molar-refractivity contribution is -0.137. The highest BCUT2D eigenvalue weighted by Gasteiger charge is 2.68. The number of piperidine rings is 1. The lowest BCUT2D eigenvalue weighted by atomic mass is 9.44. The van der Waals surface area contributed by atoms with E-state index in [2.05, 4.69) is 43.6 Å². The van der Waals surface area contributed by atoms with E-state index in [-0.39, 0.29) is 35.8 Å². The fraction of sp³-hybridized carbons (Fsp3) is 0.789. The number of carbonyl (C=O) groups is 2. The van der Waals surface area contributed by atoms with E-state index in [1.807, 2.05) is 12.1 Å². The summed E-state index contributed by atoms with van der Waals surface area (Å²) in [5.41, 5.74) is 1.69.